The van der Waals surface area contributed by atoms with Gasteiger partial charge in [-0.2, -0.15) is 0 Å². The van der Waals surface area contributed by atoms with Gasteiger partial charge in [0.25, 0.3) is 0 Å². The first-order valence-electron chi connectivity index (χ1n) is 5.30. The lowest BCUT2D eigenvalue weighted by Gasteiger charge is -2.27. The lowest BCUT2D eigenvalue weighted by Crippen LogP contribution is -2.24. The van der Waals surface area contributed by atoms with Crippen molar-refractivity contribution in [2.24, 2.45) is 0 Å². The Hall–Kier alpha value is -0.785. The minimum absolute atomic E-state index is 0.0874. The van der Waals surface area contributed by atoms with E-state index in [1.54, 1.807) is 13.0 Å². The van der Waals surface area contributed by atoms with Gasteiger partial charge < -0.3 is 0 Å². The van der Waals surface area contributed by atoms with Crippen molar-refractivity contribution in [1.82, 2.24) is 0 Å². The minimum Gasteiger partial charge on any atom is -0.207 e. The molecule has 0 saturated carbocycles. The zero-order valence-electron chi connectivity index (χ0n) is 9.52. The Morgan fingerprint density at radius 3 is 2.29 bits per heavy atom. The summed E-state index contributed by atoms with van der Waals surface area (Å²) < 4.78 is 13.4. The molecule has 0 N–H and O–H groups in total. The highest BCUT2D eigenvalue weighted by molar-refractivity contribution is 6.15. The molecule has 0 spiro atoms. The number of halogens is 1. The lowest BCUT2D eigenvalue weighted by atomic mass is 9.61. The van der Waals surface area contributed by atoms with E-state index in [9.17, 15) is 4.39 Å². The van der Waals surface area contributed by atoms with Crippen LogP contribution in [0.4, 0.5) is 4.39 Å². The fourth-order valence-electron chi connectivity index (χ4n) is 1.63. The SMILES string of the molecule is BC(CC)(CC)c1ccc(C)c(F)c1. The van der Waals surface area contributed by atoms with E-state index in [1.807, 2.05) is 12.1 Å². The maximum absolute atomic E-state index is 13.4. The van der Waals surface area contributed by atoms with Crippen LogP contribution >= 0.6 is 0 Å². The molecule has 1 rings (SSSR count). The van der Waals surface area contributed by atoms with E-state index >= 15 is 0 Å². The highest BCUT2D eigenvalue weighted by atomic mass is 19.1. The van der Waals surface area contributed by atoms with Crippen molar-refractivity contribution in [2.45, 2.75) is 38.9 Å². The van der Waals surface area contributed by atoms with Gasteiger partial charge in [-0.15, -0.1) is 0 Å². The summed E-state index contributed by atoms with van der Waals surface area (Å²) in [7, 11) is 2.19. The van der Waals surface area contributed by atoms with Crippen LogP contribution in [0.3, 0.4) is 0 Å². The molecule has 0 saturated heterocycles. The van der Waals surface area contributed by atoms with Gasteiger partial charge in [-0.3, -0.25) is 0 Å². The van der Waals surface area contributed by atoms with Gasteiger partial charge in [-0.1, -0.05) is 38.8 Å². The summed E-state index contributed by atoms with van der Waals surface area (Å²) in [6.45, 7) is 6.11. The third-order valence-corrected chi connectivity index (χ3v) is 3.43. The predicted octanol–water partition coefficient (Wildman–Crippen LogP) is 2.78. The molecule has 0 amide bonds. The molecular formula is C12H18BF. The van der Waals surface area contributed by atoms with E-state index in [0.717, 1.165) is 24.0 Å². The molecule has 0 aliphatic rings. The first kappa shape index (κ1) is 11.3. The number of benzene rings is 1. The van der Waals surface area contributed by atoms with Crippen LogP contribution in [0.25, 0.3) is 0 Å². The maximum Gasteiger partial charge on any atom is 0.126 e. The first-order chi connectivity index (χ1) is 6.53. The van der Waals surface area contributed by atoms with Gasteiger partial charge in [0.15, 0.2) is 0 Å². The molecule has 14 heavy (non-hydrogen) atoms. The molecule has 0 atom stereocenters. The van der Waals surface area contributed by atoms with Crippen molar-refractivity contribution >= 4 is 7.85 Å². The quantitative estimate of drug-likeness (QED) is 0.646. The Morgan fingerprint density at radius 1 is 1.29 bits per heavy atom. The molecule has 0 fully saturated rings. The standard InChI is InChI=1S/C12H18BF/c1-4-12(13,5-2)10-7-6-9(3)11(14)8-10/h6-8H,4-5,13H2,1-3H3. The van der Waals surface area contributed by atoms with Crippen LogP contribution in [0.1, 0.15) is 37.8 Å². The van der Waals surface area contributed by atoms with E-state index in [2.05, 4.69) is 21.7 Å². The third kappa shape index (κ3) is 2.00. The lowest BCUT2D eigenvalue weighted by molar-refractivity contribution is 0.553. The maximum atomic E-state index is 13.4. The Labute approximate surface area is 86.9 Å². The van der Waals surface area contributed by atoms with Crippen molar-refractivity contribution < 1.29 is 4.39 Å². The molecule has 0 aromatic heterocycles. The number of aryl methyl sites for hydroxylation is 1. The highest BCUT2D eigenvalue weighted by Crippen LogP contribution is 2.28. The smallest absolute Gasteiger partial charge is 0.126 e. The van der Waals surface area contributed by atoms with Crippen LogP contribution in [0.15, 0.2) is 18.2 Å². The van der Waals surface area contributed by atoms with Crippen molar-refractivity contribution in [3.05, 3.63) is 35.1 Å². The van der Waals surface area contributed by atoms with Crippen molar-refractivity contribution in [3.63, 3.8) is 0 Å². The van der Waals surface area contributed by atoms with Crippen molar-refractivity contribution in [3.8, 4) is 0 Å². The van der Waals surface area contributed by atoms with Gasteiger partial charge in [-0.25, -0.2) is 4.39 Å². The van der Waals surface area contributed by atoms with Gasteiger partial charge in [0.05, 0.1) is 0 Å². The van der Waals surface area contributed by atoms with Gasteiger partial charge in [0.2, 0.25) is 0 Å². The largest absolute Gasteiger partial charge is 0.207 e. The van der Waals surface area contributed by atoms with Gasteiger partial charge >= 0.3 is 0 Å². The van der Waals surface area contributed by atoms with Gasteiger partial charge in [-0.05, 0) is 29.4 Å². The summed E-state index contributed by atoms with van der Waals surface area (Å²) in [5, 5.41) is 0.120. The van der Waals surface area contributed by atoms with E-state index < -0.39 is 0 Å². The fourth-order valence-corrected chi connectivity index (χ4v) is 1.63. The summed E-state index contributed by atoms with van der Waals surface area (Å²) in [5.41, 5.74) is 1.84. The normalized spacial score (nSPS) is 11.7. The van der Waals surface area contributed by atoms with Crippen LogP contribution < -0.4 is 0 Å². The molecule has 0 aliphatic heterocycles. The van der Waals surface area contributed by atoms with Crippen LogP contribution in [0.5, 0.6) is 0 Å². The average molecular weight is 192 g/mol. The number of hydrogen-bond donors (Lipinski definition) is 0. The molecule has 0 nitrogen and oxygen atoms in total. The summed E-state index contributed by atoms with van der Waals surface area (Å²) in [6.07, 6.45) is 2.10. The Balaban J connectivity index is 3.12. The fraction of sp³-hybridized carbons (Fsp3) is 0.500. The second-order valence-electron chi connectivity index (χ2n) is 4.23. The average Bonchev–Trinajstić information content (AvgIpc) is 2.21. The van der Waals surface area contributed by atoms with Crippen molar-refractivity contribution in [2.75, 3.05) is 0 Å². The molecule has 1 aromatic rings. The van der Waals surface area contributed by atoms with Gasteiger partial charge in [0, 0.05) is 0 Å². The first-order valence-corrected chi connectivity index (χ1v) is 5.30. The van der Waals surface area contributed by atoms with Crippen LogP contribution in [0, 0.1) is 12.7 Å². The summed E-state index contributed by atoms with van der Waals surface area (Å²) in [4.78, 5) is 0. The second-order valence-corrected chi connectivity index (χ2v) is 4.23. The zero-order valence-corrected chi connectivity index (χ0v) is 9.52. The van der Waals surface area contributed by atoms with E-state index in [1.165, 1.54) is 0 Å². The third-order valence-electron chi connectivity index (χ3n) is 3.43. The number of rotatable bonds is 3. The highest BCUT2D eigenvalue weighted by Gasteiger charge is 2.22. The van der Waals surface area contributed by atoms with E-state index in [4.69, 9.17) is 0 Å². The van der Waals surface area contributed by atoms with Crippen LogP contribution in [-0.4, -0.2) is 7.85 Å². The van der Waals surface area contributed by atoms with E-state index in [-0.39, 0.29) is 11.1 Å². The molecule has 76 valence electrons. The minimum atomic E-state index is -0.0874. The Kier molecular flexibility index (Phi) is 3.36. The van der Waals surface area contributed by atoms with Crippen LogP contribution in [0.2, 0.25) is 0 Å². The van der Waals surface area contributed by atoms with Gasteiger partial charge in [0.1, 0.15) is 13.7 Å². The Morgan fingerprint density at radius 2 is 1.86 bits per heavy atom. The molecular weight excluding hydrogens is 174 g/mol. The summed E-state index contributed by atoms with van der Waals surface area (Å²) in [6, 6.07) is 5.60. The Bertz CT molecular complexity index is 316. The molecule has 0 unspecified atom stereocenters. The molecule has 0 radical (unpaired) electrons. The predicted molar refractivity (Wildman–Crippen MR) is 61.9 cm³/mol. The topological polar surface area (TPSA) is 0 Å². The molecule has 2 heteroatoms. The van der Waals surface area contributed by atoms with Crippen molar-refractivity contribution in [1.29, 1.82) is 0 Å². The number of hydrogen-bond acceptors (Lipinski definition) is 0. The summed E-state index contributed by atoms with van der Waals surface area (Å²) >= 11 is 0. The molecule has 0 aliphatic carbocycles. The molecule has 1 aromatic carbocycles. The molecule has 0 heterocycles. The van der Waals surface area contributed by atoms with Crippen LogP contribution in [-0.2, 0) is 5.31 Å². The molecule has 0 bridgehead atoms. The monoisotopic (exact) mass is 192 g/mol. The second kappa shape index (κ2) is 4.16. The zero-order chi connectivity index (χ0) is 10.8. The van der Waals surface area contributed by atoms with E-state index in [0.29, 0.717) is 0 Å². The summed E-state index contributed by atoms with van der Waals surface area (Å²) in [5.74, 6) is -0.0874.